The lowest BCUT2D eigenvalue weighted by atomic mass is 9.88. The molecule has 0 heterocycles. The molecule has 0 saturated heterocycles. The Morgan fingerprint density at radius 1 is 0.944 bits per heavy atom. The molecule has 0 spiro atoms. The molecule has 88 valence electrons. The van der Waals surface area contributed by atoms with Crippen molar-refractivity contribution < 1.29 is 9.59 Å². The Labute approximate surface area is 109 Å². The van der Waals surface area contributed by atoms with Crippen LogP contribution in [0.25, 0.3) is 10.8 Å². The van der Waals surface area contributed by atoms with Crippen molar-refractivity contribution in [3.63, 3.8) is 0 Å². The minimum atomic E-state index is -0.148. The lowest BCUT2D eigenvalue weighted by Gasteiger charge is -2.14. The topological polar surface area (TPSA) is 34.1 Å². The fourth-order valence-corrected chi connectivity index (χ4v) is 2.40. The van der Waals surface area contributed by atoms with Crippen LogP contribution < -0.4 is 0 Å². The predicted octanol–water partition coefficient (Wildman–Crippen LogP) is 3.38. The molecule has 2 aromatic carbocycles. The zero-order valence-corrected chi connectivity index (χ0v) is 10.2. The number of halogens is 1. The van der Waals surface area contributed by atoms with Crippen molar-refractivity contribution in [2.45, 2.75) is 0 Å². The van der Waals surface area contributed by atoms with Crippen LogP contribution >= 0.6 is 11.6 Å². The fourth-order valence-electron chi connectivity index (χ4n) is 2.21. The molecule has 1 aliphatic rings. The molecular formula is C15H9ClO2. The van der Waals surface area contributed by atoms with Crippen molar-refractivity contribution in [1.82, 2.24) is 0 Å². The van der Waals surface area contributed by atoms with Crippen LogP contribution in [0.2, 0.25) is 0 Å². The van der Waals surface area contributed by atoms with Gasteiger partial charge < -0.3 is 0 Å². The Balaban J connectivity index is 2.31. The molecule has 0 radical (unpaired) electrons. The predicted molar refractivity (Wildman–Crippen MR) is 71.4 cm³/mol. The number of carbonyl (C=O) groups is 2. The molecule has 0 aromatic heterocycles. The van der Waals surface area contributed by atoms with Gasteiger partial charge in [0.15, 0.2) is 11.6 Å². The molecule has 2 aromatic rings. The van der Waals surface area contributed by atoms with Gasteiger partial charge in [-0.15, -0.1) is 11.6 Å². The summed E-state index contributed by atoms with van der Waals surface area (Å²) in [5.41, 5.74) is 1.29. The Bertz CT molecular complexity index is 714. The molecule has 0 amide bonds. The molecule has 0 atom stereocenters. The molecule has 0 saturated carbocycles. The SMILES string of the molecule is O=C1C=C(CCl)C(=O)c2cc3ccccc3cc21. The summed E-state index contributed by atoms with van der Waals surface area (Å²) in [5, 5.41) is 1.91. The summed E-state index contributed by atoms with van der Waals surface area (Å²) < 4.78 is 0. The maximum absolute atomic E-state index is 12.1. The summed E-state index contributed by atoms with van der Waals surface area (Å²) >= 11 is 5.68. The third-order valence-electron chi connectivity index (χ3n) is 3.14. The van der Waals surface area contributed by atoms with Crippen LogP contribution in [-0.4, -0.2) is 17.4 Å². The average Bonchev–Trinajstić information content (AvgIpc) is 2.41. The van der Waals surface area contributed by atoms with Crippen molar-refractivity contribution >= 4 is 33.9 Å². The van der Waals surface area contributed by atoms with Crippen molar-refractivity contribution in [3.8, 4) is 0 Å². The Kier molecular flexibility index (Phi) is 2.53. The van der Waals surface area contributed by atoms with Crippen molar-refractivity contribution in [2.75, 3.05) is 5.88 Å². The number of allylic oxidation sites excluding steroid dienone is 2. The van der Waals surface area contributed by atoms with E-state index in [9.17, 15) is 9.59 Å². The third-order valence-corrected chi connectivity index (χ3v) is 3.42. The lowest BCUT2D eigenvalue weighted by Crippen LogP contribution is -2.17. The molecule has 3 rings (SSSR count). The smallest absolute Gasteiger partial charge is 0.191 e. The van der Waals surface area contributed by atoms with Crippen LogP contribution in [0.4, 0.5) is 0 Å². The number of ketones is 2. The lowest BCUT2D eigenvalue weighted by molar-refractivity contribution is 0.0985. The minimum Gasteiger partial charge on any atom is -0.289 e. The van der Waals surface area contributed by atoms with Crippen LogP contribution in [0.1, 0.15) is 20.7 Å². The van der Waals surface area contributed by atoms with Gasteiger partial charge in [0.1, 0.15) is 0 Å². The Hall–Kier alpha value is -1.93. The van der Waals surface area contributed by atoms with Gasteiger partial charge in [-0.2, -0.15) is 0 Å². The number of fused-ring (bicyclic) bond motifs is 2. The number of carbonyl (C=O) groups excluding carboxylic acids is 2. The van der Waals surface area contributed by atoms with Gasteiger partial charge in [-0.3, -0.25) is 9.59 Å². The van der Waals surface area contributed by atoms with Crippen molar-refractivity contribution in [3.05, 3.63) is 59.2 Å². The Morgan fingerprint density at radius 3 is 2.17 bits per heavy atom. The second-order valence-corrected chi connectivity index (χ2v) is 4.51. The van der Waals surface area contributed by atoms with Gasteiger partial charge in [-0.05, 0) is 29.0 Å². The number of alkyl halides is 1. The highest BCUT2D eigenvalue weighted by molar-refractivity contribution is 6.31. The normalized spacial score (nSPS) is 14.6. The second kappa shape index (κ2) is 4.07. The highest BCUT2D eigenvalue weighted by Gasteiger charge is 2.25. The van der Waals surface area contributed by atoms with Crippen LogP contribution in [0.5, 0.6) is 0 Å². The first-order valence-electron chi connectivity index (χ1n) is 5.59. The number of rotatable bonds is 1. The molecule has 0 fully saturated rings. The van der Waals surface area contributed by atoms with E-state index in [1.165, 1.54) is 6.08 Å². The molecule has 0 bridgehead atoms. The number of hydrogen-bond donors (Lipinski definition) is 0. The van der Waals surface area contributed by atoms with E-state index in [-0.39, 0.29) is 17.4 Å². The zero-order valence-electron chi connectivity index (χ0n) is 9.44. The van der Waals surface area contributed by atoms with Crippen LogP contribution in [-0.2, 0) is 0 Å². The maximum Gasteiger partial charge on any atom is 0.191 e. The van der Waals surface area contributed by atoms with Crippen molar-refractivity contribution in [1.29, 1.82) is 0 Å². The van der Waals surface area contributed by atoms with Gasteiger partial charge in [0.2, 0.25) is 0 Å². The largest absolute Gasteiger partial charge is 0.289 e. The van der Waals surface area contributed by atoms with E-state index in [0.29, 0.717) is 16.7 Å². The van der Waals surface area contributed by atoms with E-state index in [0.717, 1.165) is 10.8 Å². The summed E-state index contributed by atoms with van der Waals surface area (Å²) in [7, 11) is 0. The Morgan fingerprint density at radius 2 is 1.56 bits per heavy atom. The maximum atomic E-state index is 12.1. The number of benzene rings is 2. The van der Waals surface area contributed by atoms with Gasteiger partial charge in [-0.1, -0.05) is 24.3 Å². The number of hydrogen-bond acceptors (Lipinski definition) is 2. The zero-order chi connectivity index (χ0) is 12.7. The molecule has 0 aliphatic heterocycles. The summed E-state index contributed by atoms with van der Waals surface area (Å²) in [4.78, 5) is 24.1. The number of Topliss-reactive ketones (excluding diaryl/α,β-unsaturated/α-hetero) is 1. The van der Waals surface area contributed by atoms with Crippen LogP contribution in [0.15, 0.2) is 48.0 Å². The van der Waals surface area contributed by atoms with E-state index >= 15 is 0 Å². The van der Waals surface area contributed by atoms with Gasteiger partial charge >= 0.3 is 0 Å². The van der Waals surface area contributed by atoms with Gasteiger partial charge in [0.05, 0.1) is 5.88 Å². The van der Waals surface area contributed by atoms with Gasteiger partial charge in [-0.25, -0.2) is 0 Å². The highest BCUT2D eigenvalue weighted by Crippen LogP contribution is 2.27. The van der Waals surface area contributed by atoms with Crippen LogP contribution in [0.3, 0.4) is 0 Å². The first-order chi connectivity index (χ1) is 8.70. The summed E-state index contributed by atoms with van der Waals surface area (Å²) in [6, 6.07) is 11.2. The first kappa shape index (κ1) is 11.2. The van der Waals surface area contributed by atoms with E-state index < -0.39 is 0 Å². The molecule has 3 heteroatoms. The van der Waals surface area contributed by atoms with Crippen molar-refractivity contribution in [2.24, 2.45) is 0 Å². The summed E-state index contributed by atoms with van der Waals surface area (Å²) in [5.74, 6) is -0.229. The van der Waals surface area contributed by atoms with E-state index in [2.05, 4.69) is 0 Å². The molecule has 2 nitrogen and oxygen atoms in total. The van der Waals surface area contributed by atoms with Gasteiger partial charge in [0.25, 0.3) is 0 Å². The standard InChI is InChI=1S/C15H9ClO2/c16-8-11-7-14(17)12-5-9-3-1-2-4-10(9)6-13(12)15(11)18/h1-7H,8H2. The molecular weight excluding hydrogens is 248 g/mol. The second-order valence-electron chi connectivity index (χ2n) is 4.24. The quantitative estimate of drug-likeness (QED) is 0.733. The third kappa shape index (κ3) is 1.57. The van der Waals surface area contributed by atoms with E-state index in [1.807, 2.05) is 24.3 Å². The summed E-state index contributed by atoms with van der Waals surface area (Å²) in [6.45, 7) is 0. The van der Waals surface area contributed by atoms with Crippen LogP contribution in [0, 0.1) is 0 Å². The molecule has 1 aliphatic carbocycles. The fraction of sp³-hybridized carbons (Fsp3) is 0.0667. The highest BCUT2D eigenvalue weighted by atomic mass is 35.5. The monoisotopic (exact) mass is 256 g/mol. The summed E-state index contributed by atoms with van der Waals surface area (Å²) in [6.07, 6.45) is 1.34. The molecule has 18 heavy (non-hydrogen) atoms. The van der Waals surface area contributed by atoms with E-state index in [1.54, 1.807) is 12.1 Å². The van der Waals surface area contributed by atoms with Gasteiger partial charge in [0, 0.05) is 16.7 Å². The van der Waals surface area contributed by atoms with E-state index in [4.69, 9.17) is 11.6 Å². The molecule has 0 N–H and O–H groups in total. The first-order valence-corrected chi connectivity index (χ1v) is 6.12. The molecule has 0 unspecified atom stereocenters. The minimum absolute atomic E-state index is 0.0663. The average molecular weight is 257 g/mol.